The van der Waals surface area contributed by atoms with E-state index in [1.54, 1.807) is 0 Å². The zero-order valence-corrected chi connectivity index (χ0v) is 9.97. The molecular weight excluding hydrogens is 204 g/mol. The Hall–Kier alpha value is -1.14. The van der Waals surface area contributed by atoms with Crippen LogP contribution in [0.3, 0.4) is 0 Å². The third-order valence-electron chi connectivity index (χ3n) is 2.16. The summed E-state index contributed by atoms with van der Waals surface area (Å²) < 4.78 is 0. The summed E-state index contributed by atoms with van der Waals surface area (Å²) in [4.78, 5) is 0. The minimum Gasteiger partial charge on any atom is -0.383 e. The molecule has 0 aromatic heterocycles. The highest BCUT2D eigenvalue weighted by Gasteiger charge is 2.01. The fourth-order valence-corrected chi connectivity index (χ4v) is 1.92. The maximum absolute atomic E-state index is 8.76. The van der Waals surface area contributed by atoms with Gasteiger partial charge in [-0.1, -0.05) is 6.07 Å². The number of nitriles is 1. The van der Waals surface area contributed by atoms with Gasteiger partial charge in [0, 0.05) is 11.7 Å². The molecule has 0 fully saturated rings. The van der Waals surface area contributed by atoms with Crippen LogP contribution < -0.4 is 5.32 Å². The quantitative estimate of drug-likeness (QED) is 0.828. The molecule has 0 aliphatic rings. The van der Waals surface area contributed by atoms with E-state index in [-0.39, 0.29) is 0 Å². The lowest BCUT2D eigenvalue weighted by Crippen LogP contribution is -2.15. The van der Waals surface area contributed by atoms with Gasteiger partial charge in [-0.05, 0) is 43.6 Å². The van der Waals surface area contributed by atoms with Crippen LogP contribution in [0.15, 0.2) is 24.3 Å². The minimum absolute atomic E-state index is 0.450. The number of nitrogens with one attached hydrogen (secondary N) is 1. The fraction of sp³-hybridized carbons (Fsp3) is 0.417. The largest absolute Gasteiger partial charge is 0.383 e. The lowest BCUT2D eigenvalue weighted by atomic mass is 10.2. The minimum atomic E-state index is 0.450. The first-order valence-corrected chi connectivity index (χ1v) is 6.41. The highest BCUT2D eigenvalue weighted by Crippen LogP contribution is 2.12. The molecule has 2 nitrogen and oxygen atoms in total. The summed E-state index contributed by atoms with van der Waals surface area (Å²) in [5.74, 6) is 1.16. The van der Waals surface area contributed by atoms with Crippen molar-refractivity contribution in [2.45, 2.75) is 19.4 Å². The van der Waals surface area contributed by atoms with Gasteiger partial charge >= 0.3 is 0 Å². The lowest BCUT2D eigenvalue weighted by molar-refractivity contribution is 0.772. The smallest absolute Gasteiger partial charge is 0.0992 e. The van der Waals surface area contributed by atoms with Crippen molar-refractivity contribution in [3.05, 3.63) is 29.8 Å². The van der Waals surface area contributed by atoms with Crippen LogP contribution in [0.25, 0.3) is 0 Å². The van der Waals surface area contributed by atoms with E-state index in [1.807, 2.05) is 36.0 Å². The maximum atomic E-state index is 8.76. The molecule has 0 bridgehead atoms. The molecule has 0 radical (unpaired) electrons. The van der Waals surface area contributed by atoms with Crippen molar-refractivity contribution in [3.63, 3.8) is 0 Å². The van der Waals surface area contributed by atoms with Crippen LogP contribution in [0, 0.1) is 11.3 Å². The van der Waals surface area contributed by atoms with Gasteiger partial charge in [0.25, 0.3) is 0 Å². The van der Waals surface area contributed by atoms with Crippen molar-refractivity contribution in [1.82, 2.24) is 0 Å². The van der Waals surface area contributed by atoms with E-state index >= 15 is 0 Å². The van der Waals surface area contributed by atoms with Gasteiger partial charge in [-0.25, -0.2) is 0 Å². The van der Waals surface area contributed by atoms with E-state index in [2.05, 4.69) is 24.6 Å². The van der Waals surface area contributed by atoms with Crippen LogP contribution in [0.5, 0.6) is 0 Å². The normalized spacial score (nSPS) is 11.8. The molecular formula is C12H16N2S. The van der Waals surface area contributed by atoms with E-state index in [0.29, 0.717) is 11.6 Å². The Balaban J connectivity index is 2.53. The summed E-state index contributed by atoms with van der Waals surface area (Å²) in [5.41, 5.74) is 1.74. The SMILES string of the molecule is CSCCC(C)Nc1cccc(C#N)c1. The molecule has 0 heterocycles. The number of rotatable bonds is 5. The second kappa shape index (κ2) is 6.36. The van der Waals surface area contributed by atoms with Crippen LogP contribution in [0.1, 0.15) is 18.9 Å². The van der Waals surface area contributed by atoms with E-state index < -0.39 is 0 Å². The first kappa shape index (κ1) is 11.9. The van der Waals surface area contributed by atoms with Crippen LogP contribution >= 0.6 is 11.8 Å². The zero-order valence-electron chi connectivity index (χ0n) is 9.16. The number of anilines is 1. The molecule has 0 saturated heterocycles. The van der Waals surface area contributed by atoms with E-state index in [0.717, 1.165) is 17.9 Å². The second-order valence-corrected chi connectivity index (χ2v) is 4.51. The summed E-state index contributed by atoms with van der Waals surface area (Å²) in [7, 11) is 0. The average Bonchev–Trinajstić information content (AvgIpc) is 2.26. The molecule has 1 rings (SSSR count). The molecule has 3 heteroatoms. The fourth-order valence-electron chi connectivity index (χ4n) is 1.33. The van der Waals surface area contributed by atoms with Crippen molar-refractivity contribution in [2.24, 2.45) is 0 Å². The van der Waals surface area contributed by atoms with E-state index in [1.165, 1.54) is 0 Å². The average molecular weight is 220 g/mol. The number of nitrogens with zero attached hydrogens (tertiary/aromatic N) is 1. The van der Waals surface area contributed by atoms with Gasteiger partial charge in [0.05, 0.1) is 11.6 Å². The Bertz CT molecular complexity index is 344. The van der Waals surface area contributed by atoms with E-state index in [4.69, 9.17) is 5.26 Å². The number of hydrogen-bond donors (Lipinski definition) is 1. The van der Waals surface area contributed by atoms with Crippen molar-refractivity contribution >= 4 is 17.4 Å². The molecule has 1 atom stereocenters. The summed E-state index contributed by atoms with van der Waals surface area (Å²) >= 11 is 1.86. The van der Waals surface area contributed by atoms with Gasteiger partial charge in [-0.15, -0.1) is 0 Å². The highest BCUT2D eigenvalue weighted by atomic mass is 32.2. The molecule has 0 aliphatic carbocycles. The van der Waals surface area contributed by atoms with Crippen LogP contribution in [-0.2, 0) is 0 Å². The molecule has 0 saturated carbocycles. The number of thioether (sulfide) groups is 1. The van der Waals surface area contributed by atoms with Crippen LogP contribution in [0.2, 0.25) is 0 Å². The molecule has 1 N–H and O–H groups in total. The molecule has 15 heavy (non-hydrogen) atoms. The van der Waals surface area contributed by atoms with Gasteiger partial charge in [0.15, 0.2) is 0 Å². The second-order valence-electron chi connectivity index (χ2n) is 3.52. The summed E-state index contributed by atoms with van der Waals surface area (Å²) in [6, 6.07) is 10.2. The predicted molar refractivity (Wildman–Crippen MR) is 67.2 cm³/mol. The zero-order chi connectivity index (χ0) is 11.1. The monoisotopic (exact) mass is 220 g/mol. The molecule has 1 aromatic rings. The molecule has 1 unspecified atom stereocenters. The van der Waals surface area contributed by atoms with Crippen molar-refractivity contribution in [2.75, 3.05) is 17.3 Å². The number of hydrogen-bond acceptors (Lipinski definition) is 3. The van der Waals surface area contributed by atoms with Crippen LogP contribution in [0.4, 0.5) is 5.69 Å². The van der Waals surface area contributed by atoms with Crippen molar-refractivity contribution < 1.29 is 0 Å². The molecule has 1 aromatic carbocycles. The summed E-state index contributed by atoms with van der Waals surface area (Å²) in [6.07, 6.45) is 3.25. The Labute approximate surface area is 95.7 Å². The standard InChI is InChI=1S/C12H16N2S/c1-10(6-7-15-2)14-12-5-3-4-11(8-12)9-13/h3-5,8,10,14H,6-7H2,1-2H3. The van der Waals surface area contributed by atoms with Crippen LogP contribution in [-0.4, -0.2) is 18.1 Å². The summed E-state index contributed by atoms with van der Waals surface area (Å²) in [6.45, 7) is 2.16. The maximum Gasteiger partial charge on any atom is 0.0992 e. The highest BCUT2D eigenvalue weighted by molar-refractivity contribution is 7.98. The van der Waals surface area contributed by atoms with Gasteiger partial charge < -0.3 is 5.32 Å². The van der Waals surface area contributed by atoms with Gasteiger partial charge in [0.2, 0.25) is 0 Å². The third-order valence-corrected chi connectivity index (χ3v) is 2.80. The van der Waals surface area contributed by atoms with Gasteiger partial charge in [0.1, 0.15) is 0 Å². The predicted octanol–water partition coefficient (Wildman–Crippen LogP) is 3.11. The molecule has 0 aliphatic heterocycles. The van der Waals surface area contributed by atoms with Crippen molar-refractivity contribution in [1.29, 1.82) is 5.26 Å². The first-order chi connectivity index (χ1) is 7.26. The van der Waals surface area contributed by atoms with Crippen molar-refractivity contribution in [3.8, 4) is 6.07 Å². The molecule has 0 amide bonds. The Kier molecular flexibility index (Phi) is 5.06. The first-order valence-electron chi connectivity index (χ1n) is 5.02. The van der Waals surface area contributed by atoms with Gasteiger partial charge in [-0.2, -0.15) is 17.0 Å². The Morgan fingerprint density at radius 2 is 2.33 bits per heavy atom. The molecule has 80 valence electrons. The lowest BCUT2D eigenvalue weighted by Gasteiger charge is -2.14. The Morgan fingerprint density at radius 1 is 1.53 bits per heavy atom. The van der Waals surface area contributed by atoms with E-state index in [9.17, 15) is 0 Å². The summed E-state index contributed by atoms with van der Waals surface area (Å²) in [5, 5.41) is 12.1. The Morgan fingerprint density at radius 3 is 3.00 bits per heavy atom. The number of benzene rings is 1. The topological polar surface area (TPSA) is 35.8 Å². The molecule has 0 spiro atoms. The van der Waals surface area contributed by atoms with Gasteiger partial charge in [-0.3, -0.25) is 0 Å². The third kappa shape index (κ3) is 4.26.